The molecule has 0 fully saturated rings. The monoisotopic (exact) mass is 700 g/mol. The number of carbonyl (C=O) groups is 1. The SMILES string of the molecule is CC/C=C\C/C=C\C/C=C\C/C=C\CCCCCCCCCCCCCCCCCCCCC(=O)NC(CO)C(O)CCCCCCCCC. The Morgan fingerprint density at radius 3 is 1.32 bits per heavy atom. The van der Waals surface area contributed by atoms with E-state index in [0.717, 1.165) is 51.4 Å². The topological polar surface area (TPSA) is 69.6 Å². The van der Waals surface area contributed by atoms with Gasteiger partial charge in [0.1, 0.15) is 0 Å². The van der Waals surface area contributed by atoms with Crippen molar-refractivity contribution >= 4 is 5.91 Å². The maximum atomic E-state index is 12.3. The smallest absolute Gasteiger partial charge is 0.220 e. The average Bonchev–Trinajstić information content (AvgIpc) is 3.12. The zero-order valence-corrected chi connectivity index (χ0v) is 33.4. The molecule has 1 amide bonds. The van der Waals surface area contributed by atoms with Crippen molar-refractivity contribution in [3.05, 3.63) is 48.6 Å². The highest BCUT2D eigenvalue weighted by atomic mass is 16.3. The summed E-state index contributed by atoms with van der Waals surface area (Å²) in [5.74, 6) is -0.0353. The first-order valence-corrected chi connectivity index (χ1v) is 21.8. The van der Waals surface area contributed by atoms with Gasteiger partial charge in [0.25, 0.3) is 0 Å². The fraction of sp³-hybridized carbons (Fsp3) is 0.804. The van der Waals surface area contributed by atoms with E-state index in [0.29, 0.717) is 12.8 Å². The number of hydrogen-bond donors (Lipinski definition) is 3. The van der Waals surface area contributed by atoms with Crippen molar-refractivity contribution in [2.24, 2.45) is 0 Å². The van der Waals surface area contributed by atoms with Gasteiger partial charge in [-0.1, -0.05) is 210 Å². The molecule has 0 rings (SSSR count). The van der Waals surface area contributed by atoms with E-state index in [9.17, 15) is 15.0 Å². The van der Waals surface area contributed by atoms with Gasteiger partial charge in [-0.3, -0.25) is 4.79 Å². The van der Waals surface area contributed by atoms with Gasteiger partial charge >= 0.3 is 0 Å². The molecular weight excluding hydrogens is 615 g/mol. The summed E-state index contributed by atoms with van der Waals surface area (Å²) in [5.41, 5.74) is 0. The summed E-state index contributed by atoms with van der Waals surface area (Å²) in [6.07, 6.45) is 56.5. The number of nitrogens with one attached hydrogen (secondary N) is 1. The Morgan fingerprint density at radius 2 is 0.880 bits per heavy atom. The zero-order valence-electron chi connectivity index (χ0n) is 33.4. The lowest BCUT2D eigenvalue weighted by Gasteiger charge is -2.22. The molecule has 2 atom stereocenters. The number of carbonyl (C=O) groups excluding carboxylic acids is 1. The quantitative estimate of drug-likeness (QED) is 0.0442. The molecule has 0 aromatic carbocycles. The number of amides is 1. The minimum absolute atomic E-state index is 0.0353. The molecule has 0 radical (unpaired) electrons. The lowest BCUT2D eigenvalue weighted by atomic mass is 10.0. The Kier molecular flexibility index (Phi) is 40.4. The second-order valence-corrected chi connectivity index (χ2v) is 14.7. The Morgan fingerprint density at radius 1 is 0.500 bits per heavy atom. The molecule has 0 aromatic heterocycles. The van der Waals surface area contributed by atoms with Crippen molar-refractivity contribution < 1.29 is 15.0 Å². The largest absolute Gasteiger partial charge is 0.394 e. The van der Waals surface area contributed by atoms with Crippen LogP contribution in [0.2, 0.25) is 0 Å². The summed E-state index contributed by atoms with van der Waals surface area (Å²) in [5, 5.41) is 22.9. The van der Waals surface area contributed by atoms with Crippen LogP contribution in [0.25, 0.3) is 0 Å². The van der Waals surface area contributed by atoms with Crippen molar-refractivity contribution in [3.8, 4) is 0 Å². The lowest BCUT2D eigenvalue weighted by molar-refractivity contribution is -0.123. The minimum atomic E-state index is -0.655. The predicted octanol–water partition coefficient (Wildman–Crippen LogP) is 13.6. The third-order valence-corrected chi connectivity index (χ3v) is 9.85. The van der Waals surface area contributed by atoms with Crippen LogP contribution in [0.15, 0.2) is 48.6 Å². The van der Waals surface area contributed by atoms with E-state index in [1.54, 1.807) is 0 Å². The fourth-order valence-electron chi connectivity index (χ4n) is 6.53. The average molecular weight is 700 g/mol. The molecule has 0 saturated heterocycles. The molecule has 0 aliphatic rings. The van der Waals surface area contributed by atoms with Crippen LogP contribution in [-0.4, -0.2) is 34.9 Å². The van der Waals surface area contributed by atoms with Gasteiger partial charge in [0.05, 0.1) is 18.8 Å². The normalized spacial score (nSPS) is 13.4. The van der Waals surface area contributed by atoms with Crippen molar-refractivity contribution in [3.63, 3.8) is 0 Å². The second-order valence-electron chi connectivity index (χ2n) is 14.7. The van der Waals surface area contributed by atoms with Crippen LogP contribution in [0.4, 0.5) is 0 Å². The Hall–Kier alpha value is -1.65. The second kappa shape index (κ2) is 41.8. The first kappa shape index (κ1) is 48.3. The number of allylic oxidation sites excluding steroid dienone is 8. The summed E-state index contributed by atoms with van der Waals surface area (Å²) in [7, 11) is 0. The van der Waals surface area contributed by atoms with Gasteiger partial charge in [-0.25, -0.2) is 0 Å². The third kappa shape index (κ3) is 37.6. The van der Waals surface area contributed by atoms with Crippen molar-refractivity contribution in [2.75, 3.05) is 6.61 Å². The maximum Gasteiger partial charge on any atom is 0.220 e. The van der Waals surface area contributed by atoms with Crippen molar-refractivity contribution in [1.82, 2.24) is 5.32 Å². The van der Waals surface area contributed by atoms with Crippen LogP contribution in [-0.2, 0) is 4.79 Å². The van der Waals surface area contributed by atoms with Gasteiger partial charge in [0.15, 0.2) is 0 Å². The van der Waals surface area contributed by atoms with Gasteiger partial charge in [-0.05, 0) is 51.4 Å². The van der Waals surface area contributed by atoms with E-state index in [4.69, 9.17) is 0 Å². The summed E-state index contributed by atoms with van der Waals surface area (Å²) < 4.78 is 0. The molecule has 50 heavy (non-hydrogen) atoms. The number of unbranched alkanes of at least 4 members (excludes halogenated alkanes) is 24. The molecule has 0 spiro atoms. The zero-order chi connectivity index (χ0) is 36.4. The van der Waals surface area contributed by atoms with Gasteiger partial charge < -0.3 is 15.5 Å². The van der Waals surface area contributed by atoms with E-state index < -0.39 is 12.1 Å². The molecule has 3 N–H and O–H groups in total. The van der Waals surface area contributed by atoms with Crippen molar-refractivity contribution in [1.29, 1.82) is 0 Å². The fourth-order valence-corrected chi connectivity index (χ4v) is 6.53. The van der Waals surface area contributed by atoms with Crippen LogP contribution >= 0.6 is 0 Å². The first-order chi connectivity index (χ1) is 24.7. The van der Waals surface area contributed by atoms with Crippen LogP contribution in [0.5, 0.6) is 0 Å². The number of aliphatic hydroxyl groups is 2. The van der Waals surface area contributed by atoms with Crippen LogP contribution < -0.4 is 5.32 Å². The molecule has 0 heterocycles. The standard InChI is InChI=1S/C46H85NO3/c1-3-5-7-9-11-12-13-14-15-16-17-18-19-20-21-22-23-24-25-26-27-28-29-30-31-32-33-34-36-38-40-42-46(50)47-44(43-48)45(49)41-39-37-35-10-8-6-4-2/h5,7,11-12,14-15,17-18,44-45,48-49H,3-4,6,8-10,13,16,19-43H2,1-2H3,(H,47,50)/b7-5-,12-11-,15-14-,18-17-. The van der Waals surface area contributed by atoms with Gasteiger partial charge in [0.2, 0.25) is 5.91 Å². The first-order valence-electron chi connectivity index (χ1n) is 21.8. The molecular formula is C46H85NO3. The highest BCUT2D eigenvalue weighted by Crippen LogP contribution is 2.16. The predicted molar refractivity (Wildman–Crippen MR) is 221 cm³/mol. The number of rotatable bonds is 39. The minimum Gasteiger partial charge on any atom is -0.394 e. The maximum absolute atomic E-state index is 12.3. The molecule has 0 aliphatic carbocycles. The van der Waals surface area contributed by atoms with Crippen LogP contribution in [0.1, 0.15) is 219 Å². The molecule has 0 saturated carbocycles. The van der Waals surface area contributed by atoms with E-state index in [2.05, 4.69) is 67.8 Å². The molecule has 0 aromatic rings. The van der Waals surface area contributed by atoms with Crippen molar-refractivity contribution in [2.45, 2.75) is 231 Å². The van der Waals surface area contributed by atoms with E-state index in [1.807, 2.05) is 0 Å². The number of aliphatic hydroxyl groups excluding tert-OH is 2. The van der Waals surface area contributed by atoms with E-state index in [-0.39, 0.29) is 12.5 Å². The molecule has 4 heteroatoms. The Labute approximate surface area is 312 Å². The Balaban J connectivity index is 3.40. The van der Waals surface area contributed by atoms with Crippen LogP contribution in [0, 0.1) is 0 Å². The summed E-state index contributed by atoms with van der Waals surface area (Å²) in [6, 6.07) is -0.532. The van der Waals surface area contributed by atoms with E-state index in [1.165, 1.54) is 141 Å². The van der Waals surface area contributed by atoms with E-state index >= 15 is 0 Å². The molecule has 4 nitrogen and oxygen atoms in total. The number of hydrogen-bond acceptors (Lipinski definition) is 3. The van der Waals surface area contributed by atoms with Gasteiger partial charge in [-0.15, -0.1) is 0 Å². The Bertz CT molecular complexity index is 801. The summed E-state index contributed by atoms with van der Waals surface area (Å²) >= 11 is 0. The third-order valence-electron chi connectivity index (χ3n) is 9.85. The van der Waals surface area contributed by atoms with Crippen LogP contribution in [0.3, 0.4) is 0 Å². The molecule has 0 bridgehead atoms. The van der Waals surface area contributed by atoms with Gasteiger partial charge in [0, 0.05) is 6.42 Å². The highest BCUT2D eigenvalue weighted by molar-refractivity contribution is 5.76. The highest BCUT2D eigenvalue weighted by Gasteiger charge is 2.19. The molecule has 0 aliphatic heterocycles. The summed E-state index contributed by atoms with van der Waals surface area (Å²) in [4.78, 5) is 12.3. The van der Waals surface area contributed by atoms with Gasteiger partial charge in [-0.2, -0.15) is 0 Å². The molecule has 292 valence electrons. The lowest BCUT2D eigenvalue weighted by Crippen LogP contribution is -2.45. The summed E-state index contributed by atoms with van der Waals surface area (Å²) in [6.45, 7) is 4.20. The molecule has 2 unspecified atom stereocenters.